The molecule has 1 atom stereocenters. The Bertz CT molecular complexity index is 360. The molecule has 4 nitrogen and oxygen atoms in total. The average Bonchev–Trinajstić information content (AvgIpc) is 2.62. The van der Waals surface area contributed by atoms with Crippen LogP contribution in [-0.4, -0.2) is 85.8 Å². The van der Waals surface area contributed by atoms with Gasteiger partial charge < -0.3 is 4.74 Å². The molecule has 3 rings (SSSR count). The molecular formula is C20H39N3O. The maximum absolute atomic E-state index is 5.55. The summed E-state index contributed by atoms with van der Waals surface area (Å²) in [7, 11) is 0. The molecule has 0 unspecified atom stereocenters. The van der Waals surface area contributed by atoms with E-state index in [-0.39, 0.29) is 0 Å². The molecule has 2 aliphatic heterocycles. The van der Waals surface area contributed by atoms with Gasteiger partial charge in [0.25, 0.3) is 0 Å². The van der Waals surface area contributed by atoms with Crippen molar-refractivity contribution in [1.82, 2.24) is 14.7 Å². The third kappa shape index (κ3) is 4.94. The minimum absolute atomic E-state index is 0.594. The smallest absolute Gasteiger partial charge is 0.0619 e. The molecule has 0 spiro atoms. The molecule has 1 saturated carbocycles. The van der Waals surface area contributed by atoms with E-state index in [4.69, 9.17) is 4.74 Å². The number of hydrogen-bond acceptors (Lipinski definition) is 4. The van der Waals surface area contributed by atoms with Gasteiger partial charge in [-0.15, -0.1) is 0 Å². The van der Waals surface area contributed by atoms with Crippen LogP contribution in [-0.2, 0) is 4.74 Å². The molecule has 0 aromatic heterocycles. The lowest BCUT2D eigenvalue weighted by Crippen LogP contribution is -2.53. The van der Waals surface area contributed by atoms with Crippen molar-refractivity contribution >= 4 is 0 Å². The SMILES string of the molecule is CC(C)C1CCC(N2CCN(CCN3CCOC[C@@H]3C)CC2)CC1. The third-order valence-corrected chi connectivity index (χ3v) is 6.82. The van der Waals surface area contributed by atoms with Crippen LogP contribution in [0.2, 0.25) is 0 Å². The Morgan fingerprint density at radius 2 is 1.62 bits per heavy atom. The lowest BCUT2D eigenvalue weighted by molar-refractivity contribution is -0.00776. The molecule has 4 heteroatoms. The minimum Gasteiger partial charge on any atom is -0.379 e. The normalized spacial score (nSPS) is 34.8. The van der Waals surface area contributed by atoms with Crippen LogP contribution < -0.4 is 0 Å². The molecule has 0 aromatic rings. The van der Waals surface area contributed by atoms with Crippen LogP contribution in [0.3, 0.4) is 0 Å². The number of ether oxygens (including phenoxy) is 1. The summed E-state index contributed by atoms with van der Waals surface area (Å²) in [4.78, 5) is 8.08. The first kappa shape index (κ1) is 18.6. The van der Waals surface area contributed by atoms with Gasteiger partial charge in [0, 0.05) is 57.9 Å². The fourth-order valence-electron chi connectivity index (χ4n) is 4.85. The molecule has 140 valence electrons. The monoisotopic (exact) mass is 337 g/mol. The topological polar surface area (TPSA) is 19.0 Å². The third-order valence-electron chi connectivity index (χ3n) is 6.82. The second-order valence-corrected chi connectivity index (χ2v) is 8.65. The van der Waals surface area contributed by atoms with Crippen molar-refractivity contribution in [2.24, 2.45) is 11.8 Å². The average molecular weight is 338 g/mol. The highest BCUT2D eigenvalue weighted by atomic mass is 16.5. The van der Waals surface area contributed by atoms with Gasteiger partial charge in [-0.2, -0.15) is 0 Å². The Labute approximate surface area is 149 Å². The molecule has 3 fully saturated rings. The van der Waals surface area contributed by atoms with Gasteiger partial charge in [-0.1, -0.05) is 13.8 Å². The quantitative estimate of drug-likeness (QED) is 0.767. The molecule has 2 heterocycles. The zero-order chi connectivity index (χ0) is 16.9. The van der Waals surface area contributed by atoms with Crippen molar-refractivity contribution in [2.75, 3.05) is 59.0 Å². The Morgan fingerprint density at radius 1 is 0.917 bits per heavy atom. The molecule has 1 aliphatic carbocycles. The van der Waals surface area contributed by atoms with E-state index in [9.17, 15) is 0 Å². The maximum atomic E-state index is 5.55. The van der Waals surface area contributed by atoms with Gasteiger partial charge in [0.2, 0.25) is 0 Å². The molecule has 0 bridgehead atoms. The molecule has 24 heavy (non-hydrogen) atoms. The first-order valence-corrected chi connectivity index (χ1v) is 10.4. The van der Waals surface area contributed by atoms with Crippen molar-refractivity contribution < 1.29 is 4.74 Å². The summed E-state index contributed by atoms with van der Waals surface area (Å²) < 4.78 is 5.55. The van der Waals surface area contributed by atoms with Gasteiger partial charge in [0.15, 0.2) is 0 Å². The van der Waals surface area contributed by atoms with Crippen molar-refractivity contribution in [2.45, 2.75) is 58.5 Å². The van der Waals surface area contributed by atoms with Gasteiger partial charge in [0.1, 0.15) is 0 Å². The fraction of sp³-hybridized carbons (Fsp3) is 1.00. The molecule has 3 aliphatic rings. The Balaban J connectivity index is 1.34. The van der Waals surface area contributed by atoms with E-state index >= 15 is 0 Å². The fourth-order valence-corrected chi connectivity index (χ4v) is 4.85. The summed E-state index contributed by atoms with van der Waals surface area (Å²) in [6.07, 6.45) is 5.79. The van der Waals surface area contributed by atoms with E-state index in [0.29, 0.717) is 6.04 Å². The lowest BCUT2D eigenvalue weighted by atomic mass is 9.79. The van der Waals surface area contributed by atoms with Crippen LogP contribution in [0.4, 0.5) is 0 Å². The Hall–Kier alpha value is -0.160. The maximum Gasteiger partial charge on any atom is 0.0619 e. The first-order chi connectivity index (χ1) is 11.6. The van der Waals surface area contributed by atoms with Crippen molar-refractivity contribution in [3.05, 3.63) is 0 Å². The standard InChI is InChI=1S/C20H39N3O/c1-17(2)19-4-6-20(7-5-19)23-12-9-21(10-13-23)8-11-22-14-15-24-16-18(22)3/h17-20H,4-16H2,1-3H3/t18-,19?,20?/m0/s1. The number of hydrogen-bond donors (Lipinski definition) is 0. The van der Waals surface area contributed by atoms with Gasteiger partial charge in [-0.3, -0.25) is 14.7 Å². The second kappa shape index (κ2) is 8.98. The van der Waals surface area contributed by atoms with E-state index in [1.165, 1.54) is 65.0 Å². The van der Waals surface area contributed by atoms with Gasteiger partial charge in [-0.25, -0.2) is 0 Å². The van der Waals surface area contributed by atoms with Crippen LogP contribution in [0.25, 0.3) is 0 Å². The van der Waals surface area contributed by atoms with Crippen LogP contribution in [0.5, 0.6) is 0 Å². The highest BCUT2D eigenvalue weighted by Crippen LogP contribution is 2.32. The Morgan fingerprint density at radius 3 is 2.25 bits per heavy atom. The van der Waals surface area contributed by atoms with Crippen LogP contribution >= 0.6 is 0 Å². The molecular weight excluding hydrogens is 298 g/mol. The first-order valence-electron chi connectivity index (χ1n) is 10.4. The zero-order valence-electron chi connectivity index (χ0n) is 16.3. The summed E-state index contributed by atoms with van der Waals surface area (Å²) in [5.74, 6) is 1.86. The van der Waals surface area contributed by atoms with Crippen molar-refractivity contribution in [1.29, 1.82) is 0 Å². The van der Waals surface area contributed by atoms with Crippen molar-refractivity contribution in [3.63, 3.8) is 0 Å². The van der Waals surface area contributed by atoms with E-state index < -0.39 is 0 Å². The Kier molecular flexibility index (Phi) is 6.97. The highest BCUT2D eigenvalue weighted by molar-refractivity contribution is 4.84. The molecule has 2 saturated heterocycles. The summed E-state index contributed by atoms with van der Waals surface area (Å²) in [5, 5.41) is 0. The van der Waals surface area contributed by atoms with Gasteiger partial charge >= 0.3 is 0 Å². The predicted molar refractivity (Wildman–Crippen MR) is 100 cm³/mol. The van der Waals surface area contributed by atoms with Crippen LogP contribution in [0.1, 0.15) is 46.5 Å². The molecule has 0 radical (unpaired) electrons. The number of piperazine rings is 1. The lowest BCUT2D eigenvalue weighted by Gasteiger charge is -2.43. The highest BCUT2D eigenvalue weighted by Gasteiger charge is 2.29. The zero-order valence-corrected chi connectivity index (χ0v) is 16.3. The number of rotatable bonds is 5. The molecule has 0 N–H and O–H groups in total. The van der Waals surface area contributed by atoms with E-state index in [0.717, 1.165) is 37.6 Å². The van der Waals surface area contributed by atoms with E-state index in [1.807, 2.05) is 0 Å². The van der Waals surface area contributed by atoms with Gasteiger partial charge in [0.05, 0.1) is 13.2 Å². The van der Waals surface area contributed by atoms with E-state index in [1.54, 1.807) is 0 Å². The molecule has 0 aromatic carbocycles. The summed E-state index contributed by atoms with van der Waals surface area (Å²) in [6.45, 7) is 17.6. The predicted octanol–water partition coefficient (Wildman–Crippen LogP) is 2.54. The largest absolute Gasteiger partial charge is 0.379 e. The summed E-state index contributed by atoms with van der Waals surface area (Å²) in [5.41, 5.74) is 0. The van der Waals surface area contributed by atoms with Gasteiger partial charge in [-0.05, 0) is 44.4 Å². The number of morpholine rings is 1. The second-order valence-electron chi connectivity index (χ2n) is 8.65. The molecule has 0 amide bonds. The van der Waals surface area contributed by atoms with Crippen molar-refractivity contribution in [3.8, 4) is 0 Å². The van der Waals surface area contributed by atoms with E-state index in [2.05, 4.69) is 35.5 Å². The van der Waals surface area contributed by atoms with Crippen LogP contribution in [0, 0.1) is 11.8 Å². The summed E-state index contributed by atoms with van der Waals surface area (Å²) >= 11 is 0. The minimum atomic E-state index is 0.594. The van der Waals surface area contributed by atoms with Crippen LogP contribution in [0.15, 0.2) is 0 Å². The summed E-state index contributed by atoms with van der Waals surface area (Å²) in [6, 6.07) is 1.47. The number of nitrogens with zero attached hydrogens (tertiary/aromatic N) is 3.